The van der Waals surface area contributed by atoms with Crippen molar-refractivity contribution in [3.05, 3.63) is 96.2 Å². The predicted octanol–water partition coefficient (Wildman–Crippen LogP) is -1.56. The SMILES string of the molecule is O=C([O-])CNC(=O)c1ccc2c(Oc3ccc(C[C@@H](CO)NC[C@H](O)COc4ccccc4)cc3)ccnc2c1.[Na+]. The van der Waals surface area contributed by atoms with Crippen LogP contribution in [0.1, 0.15) is 15.9 Å². The van der Waals surface area contributed by atoms with E-state index in [-0.39, 0.29) is 60.9 Å². The van der Waals surface area contributed by atoms with E-state index in [0.29, 0.717) is 34.6 Å². The zero-order valence-corrected chi connectivity index (χ0v) is 24.7. The molecule has 2 atom stereocenters. The van der Waals surface area contributed by atoms with Crippen molar-refractivity contribution in [2.24, 2.45) is 0 Å². The number of aromatic nitrogens is 1. The van der Waals surface area contributed by atoms with Crippen LogP contribution in [-0.4, -0.2) is 65.5 Å². The Kier molecular flexibility index (Phi) is 12.5. The molecule has 0 fully saturated rings. The number of nitrogens with one attached hydrogen (secondary N) is 2. The smallest absolute Gasteiger partial charge is 0.548 e. The number of benzene rings is 3. The van der Waals surface area contributed by atoms with Crippen LogP contribution in [-0.2, 0) is 11.2 Å². The zero-order chi connectivity index (χ0) is 28.3. The van der Waals surface area contributed by atoms with Gasteiger partial charge in [-0.25, -0.2) is 0 Å². The maximum atomic E-state index is 12.2. The number of hydrogen-bond acceptors (Lipinski definition) is 9. The van der Waals surface area contributed by atoms with Gasteiger partial charge in [0, 0.05) is 29.7 Å². The number of para-hydroxylation sites is 1. The van der Waals surface area contributed by atoms with Crippen molar-refractivity contribution >= 4 is 22.8 Å². The molecule has 0 saturated heterocycles. The van der Waals surface area contributed by atoms with Gasteiger partial charge in [-0.05, 0) is 60.5 Å². The summed E-state index contributed by atoms with van der Waals surface area (Å²) in [5.41, 5.74) is 1.76. The molecule has 1 heterocycles. The Morgan fingerprint density at radius 2 is 1.73 bits per heavy atom. The van der Waals surface area contributed by atoms with E-state index < -0.39 is 24.5 Å². The summed E-state index contributed by atoms with van der Waals surface area (Å²) in [6.45, 7) is -0.263. The number of carboxylic acids is 1. The molecule has 0 aliphatic heterocycles. The van der Waals surface area contributed by atoms with Crippen LogP contribution in [0.25, 0.3) is 10.9 Å². The van der Waals surface area contributed by atoms with E-state index in [0.717, 1.165) is 5.56 Å². The largest absolute Gasteiger partial charge is 1.00 e. The summed E-state index contributed by atoms with van der Waals surface area (Å²) >= 11 is 0. The molecule has 0 bridgehead atoms. The van der Waals surface area contributed by atoms with Crippen LogP contribution in [0.15, 0.2) is 85.1 Å². The number of rotatable bonds is 14. The molecule has 208 valence electrons. The number of aliphatic hydroxyl groups excluding tert-OH is 2. The molecule has 4 aromatic rings. The molecule has 4 N–H and O–H groups in total. The fourth-order valence-corrected chi connectivity index (χ4v) is 3.98. The van der Waals surface area contributed by atoms with Crippen molar-refractivity contribution in [2.75, 3.05) is 26.3 Å². The van der Waals surface area contributed by atoms with Gasteiger partial charge in [-0.2, -0.15) is 0 Å². The number of carbonyl (C=O) groups excluding carboxylic acids is 2. The minimum absolute atomic E-state index is 0. The molecule has 1 amide bonds. The number of carboxylic acid groups (broad SMARTS) is 1. The third-order valence-corrected chi connectivity index (χ3v) is 6.04. The average Bonchev–Trinajstić information content (AvgIpc) is 2.98. The minimum Gasteiger partial charge on any atom is -0.548 e. The predicted molar refractivity (Wildman–Crippen MR) is 146 cm³/mol. The average molecular weight is 568 g/mol. The van der Waals surface area contributed by atoms with Gasteiger partial charge in [-0.15, -0.1) is 0 Å². The van der Waals surface area contributed by atoms with Gasteiger partial charge in [0.05, 0.1) is 24.6 Å². The second kappa shape index (κ2) is 16.1. The van der Waals surface area contributed by atoms with Gasteiger partial charge < -0.3 is 40.2 Å². The molecule has 0 aliphatic carbocycles. The van der Waals surface area contributed by atoms with E-state index in [1.54, 1.807) is 30.5 Å². The van der Waals surface area contributed by atoms with Crippen molar-refractivity contribution in [2.45, 2.75) is 18.6 Å². The summed E-state index contributed by atoms with van der Waals surface area (Å²) in [5.74, 6) is -0.0958. The Morgan fingerprint density at radius 3 is 2.44 bits per heavy atom. The Bertz CT molecular complexity index is 1420. The summed E-state index contributed by atoms with van der Waals surface area (Å²) in [4.78, 5) is 27.0. The van der Waals surface area contributed by atoms with Crippen LogP contribution in [0.5, 0.6) is 17.2 Å². The van der Waals surface area contributed by atoms with Crippen LogP contribution < -0.4 is 54.8 Å². The van der Waals surface area contributed by atoms with E-state index in [2.05, 4.69) is 15.6 Å². The van der Waals surface area contributed by atoms with Crippen LogP contribution >= 0.6 is 0 Å². The number of fused-ring (bicyclic) bond motifs is 1. The van der Waals surface area contributed by atoms with E-state index in [9.17, 15) is 24.9 Å². The van der Waals surface area contributed by atoms with Crippen LogP contribution in [0, 0.1) is 0 Å². The zero-order valence-electron chi connectivity index (χ0n) is 22.7. The van der Waals surface area contributed by atoms with E-state index in [1.165, 1.54) is 0 Å². The van der Waals surface area contributed by atoms with Crippen molar-refractivity contribution < 1.29 is 63.9 Å². The van der Waals surface area contributed by atoms with Crippen molar-refractivity contribution in [3.8, 4) is 17.2 Å². The quantitative estimate of drug-likeness (QED) is 0.133. The fraction of sp³-hybridized carbons (Fsp3) is 0.233. The molecule has 0 unspecified atom stereocenters. The van der Waals surface area contributed by atoms with Crippen molar-refractivity contribution in [1.82, 2.24) is 15.6 Å². The van der Waals surface area contributed by atoms with Gasteiger partial charge in [0.1, 0.15) is 30.0 Å². The van der Waals surface area contributed by atoms with Gasteiger partial charge in [0.2, 0.25) is 0 Å². The first-order valence-electron chi connectivity index (χ1n) is 12.7. The number of aliphatic carboxylic acids is 1. The van der Waals surface area contributed by atoms with E-state index >= 15 is 0 Å². The molecule has 0 aliphatic rings. The second-order valence-corrected chi connectivity index (χ2v) is 9.11. The molecule has 0 saturated carbocycles. The Balaban J connectivity index is 0.00000462. The van der Waals surface area contributed by atoms with E-state index in [1.807, 2.05) is 54.6 Å². The maximum Gasteiger partial charge on any atom is 1.00 e. The second-order valence-electron chi connectivity index (χ2n) is 9.11. The van der Waals surface area contributed by atoms with Gasteiger partial charge in [-0.3, -0.25) is 9.78 Å². The summed E-state index contributed by atoms with van der Waals surface area (Å²) in [5, 5.41) is 36.7. The molecule has 1 aromatic heterocycles. The maximum absolute atomic E-state index is 12.2. The number of pyridine rings is 1. The molecule has 0 spiro atoms. The Labute approximate surface area is 259 Å². The van der Waals surface area contributed by atoms with Gasteiger partial charge in [-0.1, -0.05) is 30.3 Å². The molecule has 41 heavy (non-hydrogen) atoms. The summed E-state index contributed by atoms with van der Waals surface area (Å²) < 4.78 is 11.6. The van der Waals surface area contributed by atoms with Gasteiger partial charge in [0.15, 0.2) is 0 Å². The monoisotopic (exact) mass is 567 g/mol. The Morgan fingerprint density at radius 1 is 0.976 bits per heavy atom. The normalized spacial score (nSPS) is 12.1. The standard InChI is InChI=1S/C30H31N3O7.Na/c34-18-22(32-16-23(35)19-39-24-4-2-1-3-5-24)14-20-6-9-25(10-7-20)40-28-12-13-31-27-15-21(8-11-26(27)28)30(38)33-17-29(36)37;/h1-13,15,22-23,32,34-35H,14,16-19H2,(H,33,38)(H,36,37);/q;+1/p-1/t22-,23-;/m0./s1. The first-order chi connectivity index (χ1) is 19.4. The van der Waals surface area contributed by atoms with Gasteiger partial charge in [0.25, 0.3) is 5.91 Å². The number of nitrogens with zero attached hydrogens (tertiary/aromatic N) is 1. The summed E-state index contributed by atoms with van der Waals surface area (Å²) in [6.07, 6.45) is 1.38. The van der Waals surface area contributed by atoms with Crippen LogP contribution in [0.4, 0.5) is 0 Å². The summed E-state index contributed by atoms with van der Waals surface area (Å²) in [7, 11) is 0. The van der Waals surface area contributed by atoms with Crippen LogP contribution in [0.3, 0.4) is 0 Å². The molecular formula is C30H30N3NaO7. The van der Waals surface area contributed by atoms with Gasteiger partial charge >= 0.3 is 29.6 Å². The molecule has 10 nitrogen and oxygen atoms in total. The van der Waals surface area contributed by atoms with E-state index in [4.69, 9.17) is 9.47 Å². The molecule has 11 heteroatoms. The number of hydrogen-bond donors (Lipinski definition) is 4. The molecular weight excluding hydrogens is 537 g/mol. The Hall–Kier alpha value is -3.51. The van der Waals surface area contributed by atoms with Crippen molar-refractivity contribution in [3.63, 3.8) is 0 Å². The summed E-state index contributed by atoms with van der Waals surface area (Å²) in [6, 6.07) is 23.0. The number of ether oxygens (including phenoxy) is 2. The number of amides is 1. The van der Waals surface area contributed by atoms with Crippen LogP contribution in [0.2, 0.25) is 0 Å². The minimum atomic E-state index is -1.37. The fourth-order valence-electron chi connectivity index (χ4n) is 3.98. The third kappa shape index (κ3) is 9.82. The molecule has 0 radical (unpaired) electrons. The third-order valence-electron chi connectivity index (χ3n) is 6.04. The first kappa shape index (κ1) is 32.0. The number of carbonyl (C=O) groups is 2. The van der Waals surface area contributed by atoms with Crippen molar-refractivity contribution in [1.29, 1.82) is 0 Å². The number of aliphatic hydroxyl groups is 2. The molecule has 3 aromatic carbocycles. The molecule has 4 rings (SSSR count). The topological polar surface area (TPSA) is 153 Å². The first-order valence-corrected chi connectivity index (χ1v) is 12.7.